The summed E-state index contributed by atoms with van der Waals surface area (Å²) in [7, 11) is 0. The lowest BCUT2D eigenvalue weighted by atomic mass is 10.0. The predicted octanol–water partition coefficient (Wildman–Crippen LogP) is 7.37. The second-order valence-electron chi connectivity index (χ2n) is 9.66. The minimum atomic E-state index is -4.73. The van der Waals surface area contributed by atoms with Crippen molar-refractivity contribution in [3.8, 4) is 40.4 Å². The Morgan fingerprint density at radius 2 is 1.55 bits per heavy atom. The molecule has 0 atom stereocenters. The molecule has 0 aliphatic carbocycles. The number of ether oxygens (including phenoxy) is 1. The van der Waals surface area contributed by atoms with E-state index in [1.807, 2.05) is 62.4 Å². The number of benzene rings is 4. The van der Waals surface area contributed by atoms with Crippen LogP contribution in [0.4, 0.5) is 13.2 Å². The highest BCUT2D eigenvalue weighted by molar-refractivity contribution is 5.71. The van der Waals surface area contributed by atoms with E-state index in [0.717, 1.165) is 40.3 Å². The largest absolute Gasteiger partial charge is 0.488 e. The van der Waals surface area contributed by atoms with E-state index < -0.39 is 17.4 Å². The van der Waals surface area contributed by atoms with E-state index in [4.69, 9.17) is 4.74 Å². The highest BCUT2D eigenvalue weighted by Crippen LogP contribution is 2.41. The lowest BCUT2D eigenvalue weighted by molar-refractivity contribution is -0.137. The van der Waals surface area contributed by atoms with Crippen molar-refractivity contribution in [2.24, 2.45) is 0 Å². The van der Waals surface area contributed by atoms with E-state index >= 15 is 0 Å². The Labute approximate surface area is 241 Å². The third kappa shape index (κ3) is 6.76. The van der Waals surface area contributed by atoms with E-state index in [1.54, 1.807) is 24.3 Å². The van der Waals surface area contributed by atoms with Gasteiger partial charge in [0.2, 0.25) is 0 Å². The van der Waals surface area contributed by atoms with Crippen molar-refractivity contribution in [1.82, 2.24) is 15.0 Å². The fraction of sp³-hybridized carbons (Fsp3) is 0.147. The smallest absolute Gasteiger partial charge is 0.417 e. The molecule has 42 heavy (non-hydrogen) atoms. The van der Waals surface area contributed by atoms with Crippen molar-refractivity contribution in [2.75, 3.05) is 0 Å². The van der Waals surface area contributed by atoms with Gasteiger partial charge < -0.3 is 4.74 Å². The van der Waals surface area contributed by atoms with Crippen LogP contribution in [0, 0.1) is 18.8 Å². The summed E-state index contributed by atoms with van der Waals surface area (Å²) in [6.45, 7) is 4.04. The third-order valence-corrected chi connectivity index (χ3v) is 6.53. The second-order valence-corrected chi connectivity index (χ2v) is 9.66. The molecule has 0 amide bonds. The lowest BCUT2D eigenvalue weighted by Gasteiger charge is -2.17. The Kier molecular flexibility index (Phi) is 8.21. The van der Waals surface area contributed by atoms with Crippen LogP contribution in [0.5, 0.6) is 5.75 Å². The summed E-state index contributed by atoms with van der Waals surface area (Å²) in [5.41, 5.74) is 2.85. The number of hydrogen-bond acceptors (Lipinski definition) is 4. The first-order valence-corrected chi connectivity index (χ1v) is 13.3. The molecule has 1 heterocycles. The Morgan fingerprint density at radius 1 is 0.833 bits per heavy atom. The summed E-state index contributed by atoms with van der Waals surface area (Å²) in [5, 5.41) is 0. The summed E-state index contributed by atoms with van der Waals surface area (Å²) < 4.78 is 48.4. The Balaban J connectivity index is 1.50. The Hall–Kier alpha value is -5.16. The molecule has 1 aromatic heterocycles. The maximum absolute atomic E-state index is 14.2. The van der Waals surface area contributed by atoms with Gasteiger partial charge in [0, 0.05) is 16.7 Å². The van der Waals surface area contributed by atoms with Gasteiger partial charge in [-0.15, -0.1) is 0 Å². The molecule has 5 nitrogen and oxygen atoms in total. The zero-order valence-electron chi connectivity index (χ0n) is 22.9. The number of aromatic nitrogens is 3. The average Bonchev–Trinajstić information content (AvgIpc) is 2.98. The number of hydrogen-bond donors (Lipinski definition) is 1. The maximum Gasteiger partial charge on any atom is 0.417 e. The summed E-state index contributed by atoms with van der Waals surface area (Å²) in [6, 6.07) is 25.9. The van der Waals surface area contributed by atoms with Crippen LogP contribution in [0.2, 0.25) is 0 Å². The molecule has 1 N–H and O–H groups in total. The number of nitrogens with one attached hydrogen (secondary N) is 1. The van der Waals surface area contributed by atoms with Gasteiger partial charge in [-0.25, -0.2) is 9.78 Å². The first kappa shape index (κ1) is 28.4. The van der Waals surface area contributed by atoms with E-state index in [2.05, 4.69) is 26.8 Å². The van der Waals surface area contributed by atoms with Crippen molar-refractivity contribution in [3.63, 3.8) is 0 Å². The van der Waals surface area contributed by atoms with E-state index in [1.165, 1.54) is 12.1 Å². The summed E-state index contributed by atoms with van der Waals surface area (Å²) in [6.07, 6.45) is -3.91. The molecule has 0 aliphatic rings. The molecule has 8 heteroatoms. The number of rotatable bonds is 6. The minimum Gasteiger partial charge on any atom is -0.488 e. The molecule has 0 saturated carbocycles. The van der Waals surface area contributed by atoms with Crippen molar-refractivity contribution in [2.45, 2.75) is 33.1 Å². The zero-order valence-corrected chi connectivity index (χ0v) is 22.9. The van der Waals surface area contributed by atoms with Gasteiger partial charge in [0.25, 0.3) is 0 Å². The van der Waals surface area contributed by atoms with Gasteiger partial charge in [-0.05, 0) is 78.6 Å². The number of H-pyrrole nitrogens is 1. The maximum atomic E-state index is 14.2. The molecule has 0 saturated heterocycles. The molecule has 5 aromatic rings. The molecule has 0 aliphatic heterocycles. The van der Waals surface area contributed by atoms with Crippen LogP contribution in [0.3, 0.4) is 0 Å². The zero-order chi connectivity index (χ0) is 29.7. The van der Waals surface area contributed by atoms with E-state index in [9.17, 15) is 18.0 Å². The van der Waals surface area contributed by atoms with Crippen LogP contribution < -0.4 is 10.4 Å². The molecule has 0 bridgehead atoms. The fourth-order valence-electron chi connectivity index (χ4n) is 4.43. The van der Waals surface area contributed by atoms with Crippen LogP contribution in [0.15, 0.2) is 95.8 Å². The molecule has 0 unspecified atom stereocenters. The van der Waals surface area contributed by atoms with E-state index in [0.29, 0.717) is 5.56 Å². The number of nitrogens with zero attached hydrogens (tertiary/aromatic N) is 2. The van der Waals surface area contributed by atoms with Gasteiger partial charge in [-0.1, -0.05) is 61.2 Å². The van der Waals surface area contributed by atoms with E-state index in [-0.39, 0.29) is 29.6 Å². The van der Waals surface area contributed by atoms with Gasteiger partial charge in [0.15, 0.2) is 5.82 Å². The Bertz CT molecular complexity index is 1850. The molecule has 210 valence electrons. The monoisotopic (exact) mass is 565 g/mol. The minimum absolute atomic E-state index is 0.0227. The third-order valence-electron chi connectivity index (χ3n) is 6.53. The SMILES string of the molecule is CCc1cccc(COc2cccc(C(F)(F)F)c2-c2nc(-c3ccc(C#Cc4cccc(C)c4)cc3)nc(=O)[nH]2)c1. The normalized spacial score (nSPS) is 11.1. The standard InChI is InChI=1S/C34H26F3N3O2/c1-3-23-8-5-10-26(20-23)21-42-29-12-6-11-28(34(35,36)37)30(29)32-38-31(39-33(41)40-32)27-17-15-24(16-18-27)13-14-25-9-4-7-22(2)19-25/h4-12,15-20H,3,21H2,1-2H3,(H,38,39,40,41). The molecule has 0 radical (unpaired) electrons. The number of aryl methyl sites for hydroxylation is 2. The summed E-state index contributed by atoms with van der Waals surface area (Å²) >= 11 is 0. The predicted molar refractivity (Wildman–Crippen MR) is 156 cm³/mol. The molecular weight excluding hydrogens is 539 g/mol. The first-order valence-electron chi connectivity index (χ1n) is 13.3. The summed E-state index contributed by atoms with van der Waals surface area (Å²) in [4.78, 5) is 23.2. The van der Waals surface area contributed by atoms with Gasteiger partial charge in [0.1, 0.15) is 18.2 Å². The number of aromatic amines is 1. The lowest BCUT2D eigenvalue weighted by Crippen LogP contribution is -2.17. The van der Waals surface area contributed by atoms with Crippen LogP contribution in [0.25, 0.3) is 22.8 Å². The van der Waals surface area contributed by atoms with Gasteiger partial charge in [-0.2, -0.15) is 18.2 Å². The summed E-state index contributed by atoms with van der Waals surface area (Å²) in [5.74, 6) is 5.81. The quantitative estimate of drug-likeness (QED) is 0.218. The topological polar surface area (TPSA) is 67.9 Å². The highest BCUT2D eigenvalue weighted by Gasteiger charge is 2.36. The van der Waals surface area contributed by atoms with Crippen molar-refractivity contribution >= 4 is 0 Å². The van der Waals surface area contributed by atoms with Gasteiger partial charge in [-0.3, -0.25) is 4.98 Å². The first-order chi connectivity index (χ1) is 20.2. The number of alkyl halides is 3. The van der Waals surface area contributed by atoms with Crippen molar-refractivity contribution in [1.29, 1.82) is 0 Å². The van der Waals surface area contributed by atoms with Gasteiger partial charge in [0.05, 0.1) is 11.1 Å². The molecule has 5 rings (SSSR count). The Morgan fingerprint density at radius 3 is 2.29 bits per heavy atom. The van der Waals surface area contributed by atoms with Crippen LogP contribution in [0.1, 0.15) is 40.3 Å². The number of halogens is 3. The molecule has 0 fully saturated rings. The van der Waals surface area contributed by atoms with Crippen molar-refractivity contribution < 1.29 is 17.9 Å². The second kappa shape index (κ2) is 12.1. The van der Waals surface area contributed by atoms with Crippen molar-refractivity contribution in [3.05, 3.63) is 135 Å². The average molecular weight is 566 g/mol. The van der Waals surface area contributed by atoms with Crippen LogP contribution in [-0.2, 0) is 19.2 Å². The molecule has 4 aromatic carbocycles. The van der Waals surface area contributed by atoms with Crippen LogP contribution >= 0.6 is 0 Å². The molecule has 0 spiro atoms. The molecular formula is C34H26F3N3O2. The van der Waals surface area contributed by atoms with Gasteiger partial charge >= 0.3 is 11.9 Å². The van der Waals surface area contributed by atoms with Crippen LogP contribution in [-0.4, -0.2) is 15.0 Å². The highest BCUT2D eigenvalue weighted by atomic mass is 19.4. The fourth-order valence-corrected chi connectivity index (χ4v) is 4.43.